The Hall–Kier alpha value is -2.83. The quantitative estimate of drug-likeness (QED) is 0.267. The summed E-state index contributed by atoms with van der Waals surface area (Å²) in [6.45, 7) is 2.91. The van der Waals surface area contributed by atoms with Gasteiger partial charge in [0.1, 0.15) is 11.9 Å². The molecule has 190 valence electrons. The second-order valence-corrected chi connectivity index (χ2v) is 10.0. The van der Waals surface area contributed by atoms with Crippen LogP contribution in [0.15, 0.2) is 78.9 Å². The Balaban J connectivity index is 1.82. The van der Waals surface area contributed by atoms with Crippen molar-refractivity contribution < 1.29 is 14.0 Å². The molecule has 2 amide bonds. The second kappa shape index (κ2) is 14.7. The molecule has 0 aliphatic rings. The topological polar surface area (TPSA) is 49.4 Å². The molecule has 0 heterocycles. The lowest BCUT2D eigenvalue weighted by Gasteiger charge is -2.31. The number of hydrogen-bond acceptors (Lipinski definition) is 3. The van der Waals surface area contributed by atoms with E-state index in [0.717, 1.165) is 29.5 Å². The normalized spacial score (nSPS) is 11.6. The number of hydrogen-bond donors (Lipinski definition) is 1. The van der Waals surface area contributed by atoms with Crippen molar-refractivity contribution in [3.8, 4) is 0 Å². The summed E-state index contributed by atoms with van der Waals surface area (Å²) in [7, 11) is 0. The van der Waals surface area contributed by atoms with Gasteiger partial charge in [0.25, 0.3) is 0 Å². The van der Waals surface area contributed by atoms with Crippen LogP contribution in [0, 0.1) is 5.82 Å². The number of carbonyl (C=O) groups excluding carboxylic acids is 2. The Bertz CT molecular complexity index is 1110. The first-order chi connectivity index (χ1) is 17.5. The van der Waals surface area contributed by atoms with E-state index >= 15 is 0 Å². The van der Waals surface area contributed by atoms with Crippen LogP contribution in [-0.4, -0.2) is 35.1 Å². The van der Waals surface area contributed by atoms with Gasteiger partial charge in [0.2, 0.25) is 11.8 Å². The zero-order chi connectivity index (χ0) is 25.8. The number of amides is 2. The molecule has 7 heteroatoms. The van der Waals surface area contributed by atoms with E-state index in [9.17, 15) is 14.0 Å². The molecule has 3 aromatic carbocycles. The van der Waals surface area contributed by atoms with Crippen molar-refractivity contribution in [3.05, 3.63) is 106 Å². The summed E-state index contributed by atoms with van der Waals surface area (Å²) in [6, 6.07) is 22.7. The number of rotatable bonds is 13. The highest BCUT2D eigenvalue weighted by Crippen LogP contribution is 2.20. The van der Waals surface area contributed by atoms with Crippen molar-refractivity contribution in [2.75, 3.05) is 12.3 Å². The zero-order valence-corrected chi connectivity index (χ0v) is 22.0. The minimum absolute atomic E-state index is 0.131. The molecule has 1 unspecified atom stereocenters. The van der Waals surface area contributed by atoms with Crippen LogP contribution in [-0.2, 0) is 28.3 Å². The molecule has 0 radical (unpaired) electrons. The number of thioether (sulfide) groups is 1. The molecule has 0 aliphatic carbocycles. The maximum Gasteiger partial charge on any atom is 0.243 e. The SMILES string of the molecule is CCCCNC(=O)C(Cc1ccccc1)N(Cc1cccc(Cl)c1)C(=O)CSCc1ccc(F)cc1. The number of nitrogens with one attached hydrogen (secondary N) is 1. The lowest BCUT2D eigenvalue weighted by atomic mass is 10.0. The van der Waals surface area contributed by atoms with E-state index in [-0.39, 0.29) is 29.9 Å². The molecule has 0 fully saturated rings. The van der Waals surface area contributed by atoms with Crippen LogP contribution >= 0.6 is 23.4 Å². The number of benzene rings is 3. The van der Waals surface area contributed by atoms with Gasteiger partial charge >= 0.3 is 0 Å². The summed E-state index contributed by atoms with van der Waals surface area (Å²) in [5.41, 5.74) is 2.78. The van der Waals surface area contributed by atoms with Gasteiger partial charge in [0, 0.05) is 30.3 Å². The summed E-state index contributed by atoms with van der Waals surface area (Å²) in [6.07, 6.45) is 2.25. The molecule has 0 bridgehead atoms. The van der Waals surface area contributed by atoms with Crippen molar-refractivity contribution in [3.63, 3.8) is 0 Å². The molecule has 0 aliphatic heterocycles. The lowest BCUT2D eigenvalue weighted by molar-refractivity contribution is -0.139. The highest BCUT2D eigenvalue weighted by Gasteiger charge is 2.30. The summed E-state index contributed by atoms with van der Waals surface area (Å²) in [5.74, 6) is 0.194. The summed E-state index contributed by atoms with van der Waals surface area (Å²) < 4.78 is 13.2. The van der Waals surface area contributed by atoms with E-state index in [1.54, 1.807) is 23.1 Å². The van der Waals surface area contributed by atoms with Gasteiger partial charge in [0.05, 0.1) is 5.75 Å². The van der Waals surface area contributed by atoms with E-state index in [1.165, 1.54) is 23.9 Å². The Morgan fingerprint density at radius 2 is 1.69 bits per heavy atom. The molecule has 0 saturated heterocycles. The Morgan fingerprint density at radius 3 is 2.39 bits per heavy atom. The fourth-order valence-electron chi connectivity index (χ4n) is 3.81. The molecule has 3 rings (SSSR count). The van der Waals surface area contributed by atoms with Crippen LogP contribution in [0.2, 0.25) is 5.02 Å². The smallest absolute Gasteiger partial charge is 0.243 e. The average Bonchev–Trinajstić information content (AvgIpc) is 2.88. The monoisotopic (exact) mass is 526 g/mol. The van der Waals surface area contributed by atoms with E-state index in [0.29, 0.717) is 23.7 Å². The molecular weight excluding hydrogens is 495 g/mol. The zero-order valence-electron chi connectivity index (χ0n) is 20.5. The van der Waals surface area contributed by atoms with Crippen LogP contribution in [0.3, 0.4) is 0 Å². The third-order valence-electron chi connectivity index (χ3n) is 5.75. The van der Waals surface area contributed by atoms with Crippen LogP contribution in [0.4, 0.5) is 4.39 Å². The Kier molecular flexibility index (Phi) is 11.3. The van der Waals surface area contributed by atoms with E-state index < -0.39 is 6.04 Å². The Labute approximate surface area is 222 Å². The van der Waals surface area contributed by atoms with Crippen LogP contribution in [0.5, 0.6) is 0 Å². The van der Waals surface area contributed by atoms with Crippen LogP contribution in [0.25, 0.3) is 0 Å². The Morgan fingerprint density at radius 1 is 0.972 bits per heavy atom. The first-order valence-corrected chi connectivity index (χ1v) is 13.7. The third-order valence-corrected chi connectivity index (χ3v) is 6.97. The first kappa shape index (κ1) is 27.8. The van der Waals surface area contributed by atoms with Crippen LogP contribution in [0.1, 0.15) is 36.5 Å². The minimum Gasteiger partial charge on any atom is -0.354 e. The molecular formula is C29H32ClFN2O2S. The molecule has 0 saturated carbocycles. The molecule has 4 nitrogen and oxygen atoms in total. The van der Waals surface area contributed by atoms with Gasteiger partial charge in [-0.05, 0) is 47.4 Å². The number of unbranched alkanes of at least 4 members (excludes halogenated alkanes) is 1. The summed E-state index contributed by atoms with van der Waals surface area (Å²) in [5, 5.41) is 3.60. The number of nitrogens with zero attached hydrogens (tertiary/aromatic N) is 1. The summed E-state index contributed by atoms with van der Waals surface area (Å²) >= 11 is 7.66. The molecule has 36 heavy (non-hydrogen) atoms. The molecule has 0 aromatic heterocycles. The van der Waals surface area contributed by atoms with Crippen molar-refractivity contribution in [1.82, 2.24) is 10.2 Å². The van der Waals surface area contributed by atoms with Gasteiger partial charge in [-0.2, -0.15) is 0 Å². The molecule has 3 aromatic rings. The van der Waals surface area contributed by atoms with Gasteiger partial charge in [-0.15, -0.1) is 11.8 Å². The molecule has 1 N–H and O–H groups in total. The van der Waals surface area contributed by atoms with Gasteiger partial charge in [-0.3, -0.25) is 9.59 Å². The standard InChI is InChI=1S/C29H32ClFN2O2S/c1-2-3-16-32-29(35)27(18-22-8-5-4-6-9-22)33(19-24-10-7-11-25(30)17-24)28(34)21-36-20-23-12-14-26(31)15-13-23/h4-15,17,27H,2-3,16,18-21H2,1H3,(H,32,35). The molecule has 0 spiro atoms. The lowest BCUT2D eigenvalue weighted by Crippen LogP contribution is -2.51. The van der Waals surface area contributed by atoms with Gasteiger partial charge in [-0.25, -0.2) is 4.39 Å². The van der Waals surface area contributed by atoms with Crippen molar-refractivity contribution in [1.29, 1.82) is 0 Å². The van der Waals surface area contributed by atoms with E-state index in [1.807, 2.05) is 48.5 Å². The summed E-state index contributed by atoms with van der Waals surface area (Å²) in [4.78, 5) is 28.6. The third kappa shape index (κ3) is 8.99. The average molecular weight is 527 g/mol. The fourth-order valence-corrected chi connectivity index (χ4v) is 4.90. The predicted octanol–water partition coefficient (Wildman–Crippen LogP) is 6.27. The first-order valence-electron chi connectivity index (χ1n) is 12.1. The second-order valence-electron chi connectivity index (χ2n) is 8.62. The van der Waals surface area contributed by atoms with Crippen molar-refractivity contribution in [2.24, 2.45) is 0 Å². The van der Waals surface area contributed by atoms with E-state index in [4.69, 9.17) is 11.6 Å². The molecule has 1 atom stereocenters. The van der Waals surface area contributed by atoms with Crippen molar-refractivity contribution >= 4 is 35.2 Å². The highest BCUT2D eigenvalue weighted by molar-refractivity contribution is 7.99. The fraction of sp³-hybridized carbons (Fsp3) is 0.310. The number of carbonyl (C=O) groups is 2. The maximum absolute atomic E-state index is 13.6. The van der Waals surface area contributed by atoms with Gasteiger partial charge in [0.15, 0.2) is 0 Å². The van der Waals surface area contributed by atoms with Gasteiger partial charge < -0.3 is 10.2 Å². The van der Waals surface area contributed by atoms with Crippen LogP contribution < -0.4 is 5.32 Å². The number of halogens is 2. The highest BCUT2D eigenvalue weighted by atomic mass is 35.5. The van der Waals surface area contributed by atoms with Gasteiger partial charge in [-0.1, -0.05) is 79.5 Å². The van der Waals surface area contributed by atoms with Crippen molar-refractivity contribution in [2.45, 2.75) is 44.5 Å². The largest absolute Gasteiger partial charge is 0.354 e. The minimum atomic E-state index is -0.665. The predicted molar refractivity (Wildman–Crippen MR) is 146 cm³/mol. The van der Waals surface area contributed by atoms with E-state index in [2.05, 4.69) is 12.2 Å². The maximum atomic E-state index is 13.6.